The molecule has 2 amide bonds. The summed E-state index contributed by atoms with van der Waals surface area (Å²) in [6.07, 6.45) is -13.6. The molecule has 4 N–H and O–H groups in total. The third kappa shape index (κ3) is 9.07. The average molecular weight is 666 g/mol. The van der Waals surface area contributed by atoms with Crippen molar-refractivity contribution in [2.45, 2.75) is 63.4 Å². The van der Waals surface area contributed by atoms with Crippen LogP contribution in [0.5, 0.6) is 0 Å². The molecule has 11 nitrogen and oxygen atoms in total. The molecule has 244 valence electrons. The predicted octanol–water partition coefficient (Wildman–Crippen LogP) is 3.53. The molecule has 2 atom stereocenters. The largest absolute Gasteiger partial charge is 0.480 e. The molecule has 3 rings (SSSR count). The van der Waals surface area contributed by atoms with Gasteiger partial charge in [-0.2, -0.15) is 26.3 Å². The highest BCUT2D eigenvalue weighted by Crippen LogP contribution is 2.31. The Balaban J connectivity index is 1.97. The number of hydrogen-bond acceptors (Lipinski definition) is 6. The second kappa shape index (κ2) is 13.3. The number of amides is 2. The van der Waals surface area contributed by atoms with E-state index in [-0.39, 0.29) is 22.0 Å². The second-order valence-corrected chi connectivity index (χ2v) is 10.8. The van der Waals surface area contributed by atoms with Gasteiger partial charge in [-0.3, -0.25) is 14.2 Å². The molecule has 0 fully saturated rings. The van der Waals surface area contributed by atoms with Gasteiger partial charge < -0.3 is 20.8 Å². The molecule has 0 saturated carbocycles. The van der Waals surface area contributed by atoms with Gasteiger partial charge in [0.05, 0.1) is 24.6 Å². The number of aliphatic hydroxyl groups excluding tert-OH is 1. The molecule has 3 aromatic rings. The summed E-state index contributed by atoms with van der Waals surface area (Å²) in [5, 5.41) is 27.6. The summed E-state index contributed by atoms with van der Waals surface area (Å²) in [4.78, 5) is 50.3. The predicted molar refractivity (Wildman–Crippen MR) is 146 cm³/mol. The summed E-state index contributed by atoms with van der Waals surface area (Å²) in [7, 11) is 0. The number of aliphatic carboxylic acids is 1. The molecule has 2 aromatic carbocycles. The number of carbonyl (C=O) groups is 3. The Labute approximate surface area is 255 Å². The maximum Gasteiger partial charge on any atom is 0.416 e. The number of carboxylic acids is 1. The van der Waals surface area contributed by atoms with Gasteiger partial charge in [-0.25, -0.2) is 14.3 Å². The van der Waals surface area contributed by atoms with Crippen molar-refractivity contribution in [1.29, 1.82) is 0 Å². The fourth-order valence-electron chi connectivity index (χ4n) is 4.00. The van der Waals surface area contributed by atoms with E-state index in [4.69, 9.17) is 11.6 Å². The lowest BCUT2D eigenvalue weighted by molar-refractivity contribution is -0.207. The lowest BCUT2D eigenvalue weighted by Gasteiger charge is -2.24. The normalized spacial score (nSPS) is 13.6. The van der Waals surface area contributed by atoms with Crippen LogP contribution in [-0.2, 0) is 33.6 Å². The Bertz CT molecular complexity index is 1620. The van der Waals surface area contributed by atoms with Crippen LogP contribution in [0.3, 0.4) is 0 Å². The van der Waals surface area contributed by atoms with E-state index < -0.39 is 78.6 Å². The van der Waals surface area contributed by atoms with Crippen LogP contribution in [0.2, 0.25) is 5.02 Å². The van der Waals surface area contributed by atoms with E-state index in [0.717, 1.165) is 26.0 Å². The Hall–Kier alpha value is -4.38. The highest BCUT2D eigenvalue weighted by molar-refractivity contribution is 6.30. The number of rotatable bonds is 11. The van der Waals surface area contributed by atoms with Crippen LogP contribution in [0.4, 0.5) is 26.3 Å². The summed E-state index contributed by atoms with van der Waals surface area (Å²) in [5.74, 6) is -3.83. The van der Waals surface area contributed by atoms with Crippen LogP contribution in [0, 0.1) is 0 Å². The highest BCUT2D eigenvalue weighted by Gasteiger charge is 2.39. The van der Waals surface area contributed by atoms with Gasteiger partial charge in [-0.1, -0.05) is 23.7 Å². The molecule has 18 heteroatoms. The van der Waals surface area contributed by atoms with E-state index in [1.165, 1.54) is 30.3 Å². The zero-order valence-corrected chi connectivity index (χ0v) is 24.2. The fraction of sp³-hybridized carbons (Fsp3) is 0.370. The lowest BCUT2D eigenvalue weighted by Crippen LogP contribution is -2.50. The molecule has 0 aliphatic carbocycles. The molecule has 0 spiro atoms. The van der Waals surface area contributed by atoms with Crippen LogP contribution >= 0.6 is 11.6 Å². The molecule has 0 aliphatic rings. The van der Waals surface area contributed by atoms with Crippen molar-refractivity contribution in [3.8, 4) is 11.4 Å². The molecule has 0 saturated heterocycles. The first-order chi connectivity index (χ1) is 20.7. The summed E-state index contributed by atoms with van der Waals surface area (Å²) < 4.78 is 80.5. The van der Waals surface area contributed by atoms with E-state index >= 15 is 0 Å². The second-order valence-electron chi connectivity index (χ2n) is 10.4. The minimum Gasteiger partial charge on any atom is -0.480 e. The molecule has 1 heterocycles. The number of alkyl halides is 6. The number of carboxylic acid groups (broad SMARTS) is 1. The van der Waals surface area contributed by atoms with Crippen molar-refractivity contribution >= 4 is 29.4 Å². The summed E-state index contributed by atoms with van der Waals surface area (Å²) in [6.45, 7) is 0.0597. The van der Waals surface area contributed by atoms with Gasteiger partial charge in [0.2, 0.25) is 11.8 Å². The monoisotopic (exact) mass is 665 g/mol. The van der Waals surface area contributed by atoms with Crippen LogP contribution in [0.1, 0.15) is 37.4 Å². The Kier molecular flexibility index (Phi) is 10.4. The van der Waals surface area contributed by atoms with Crippen LogP contribution in [0.25, 0.3) is 11.4 Å². The Morgan fingerprint density at radius 2 is 1.62 bits per heavy atom. The van der Waals surface area contributed by atoms with E-state index in [0.29, 0.717) is 15.3 Å². The van der Waals surface area contributed by atoms with Crippen LogP contribution < -0.4 is 16.3 Å². The number of carbonyl (C=O) groups excluding carboxylic acids is 2. The summed E-state index contributed by atoms with van der Waals surface area (Å²) in [6, 6.07) is 7.49. The quantitative estimate of drug-likeness (QED) is 0.229. The third-order valence-electron chi connectivity index (χ3n) is 6.38. The molecule has 2 unspecified atom stereocenters. The van der Waals surface area contributed by atoms with Gasteiger partial charge in [0.1, 0.15) is 12.1 Å². The topological polar surface area (TPSA) is 156 Å². The molecule has 0 bridgehead atoms. The molecule has 45 heavy (non-hydrogen) atoms. The first-order valence-corrected chi connectivity index (χ1v) is 13.3. The van der Waals surface area contributed by atoms with Crippen molar-refractivity contribution < 1.29 is 50.9 Å². The fourth-order valence-corrected chi connectivity index (χ4v) is 4.12. The lowest BCUT2D eigenvalue weighted by atomic mass is 9.99. The molecule has 0 radical (unpaired) electrons. The number of hydrogen-bond donors (Lipinski definition) is 4. The van der Waals surface area contributed by atoms with Crippen molar-refractivity contribution in [1.82, 2.24) is 25.0 Å². The minimum absolute atomic E-state index is 0.101. The van der Waals surface area contributed by atoms with Crippen molar-refractivity contribution in [2.24, 2.45) is 0 Å². The van der Waals surface area contributed by atoms with E-state index in [1.807, 2.05) is 0 Å². The smallest absolute Gasteiger partial charge is 0.416 e. The molecular formula is C27H26ClF6N5O6. The number of nitrogens with one attached hydrogen (secondary N) is 2. The summed E-state index contributed by atoms with van der Waals surface area (Å²) >= 11 is 5.85. The van der Waals surface area contributed by atoms with E-state index in [1.54, 1.807) is 0 Å². The standard InChI is InChI=1S/C27H26ClF6N5O6/c1-25(2,23(43)44)36-20(41)11-18(15-4-3-5-16(10-15)26(29,30)31)35-21(42)13-39-24(45)38(12-19(40)27(32,33)34)22(37-39)14-6-8-17(28)9-7-14/h3-10,18-19,40H,11-13H2,1-2H3,(H,35,42)(H,36,41)(H,43,44). The minimum atomic E-state index is -5.11. The maximum atomic E-state index is 13.4. The van der Waals surface area contributed by atoms with Crippen molar-refractivity contribution in [2.75, 3.05) is 0 Å². The highest BCUT2D eigenvalue weighted by atomic mass is 35.5. The zero-order chi connectivity index (χ0) is 33.9. The van der Waals surface area contributed by atoms with Crippen molar-refractivity contribution in [3.05, 3.63) is 75.2 Å². The SMILES string of the molecule is CC(C)(NC(=O)CC(NC(=O)Cn1nc(-c2ccc(Cl)cc2)n(CC(O)C(F)(F)F)c1=O)c1cccc(C(F)(F)F)c1)C(=O)O. The van der Waals surface area contributed by atoms with Gasteiger partial charge in [-0.15, -0.1) is 5.10 Å². The first kappa shape index (κ1) is 35.1. The van der Waals surface area contributed by atoms with Gasteiger partial charge in [0.25, 0.3) is 0 Å². The van der Waals surface area contributed by atoms with E-state index in [2.05, 4.69) is 15.7 Å². The molecule has 0 aliphatic heterocycles. The number of nitrogens with zero attached hydrogens (tertiary/aromatic N) is 3. The van der Waals surface area contributed by atoms with E-state index in [9.17, 15) is 55.7 Å². The van der Waals surface area contributed by atoms with Crippen molar-refractivity contribution in [3.63, 3.8) is 0 Å². The first-order valence-electron chi connectivity index (χ1n) is 12.9. The maximum absolute atomic E-state index is 13.4. The number of aromatic nitrogens is 3. The number of aliphatic hydroxyl groups is 1. The molecular weight excluding hydrogens is 640 g/mol. The van der Waals surface area contributed by atoms with Crippen LogP contribution in [-0.4, -0.2) is 60.2 Å². The molecule has 1 aromatic heterocycles. The number of halogens is 7. The van der Waals surface area contributed by atoms with Gasteiger partial charge in [-0.05, 0) is 55.8 Å². The van der Waals surface area contributed by atoms with Gasteiger partial charge >= 0.3 is 24.0 Å². The van der Waals surface area contributed by atoms with Crippen LogP contribution in [0.15, 0.2) is 53.3 Å². The Morgan fingerprint density at radius 3 is 2.18 bits per heavy atom. The third-order valence-corrected chi connectivity index (χ3v) is 6.63. The number of benzene rings is 2. The zero-order valence-electron chi connectivity index (χ0n) is 23.4. The summed E-state index contributed by atoms with van der Waals surface area (Å²) in [5.41, 5.74) is -4.23. The van der Waals surface area contributed by atoms with Gasteiger partial charge in [0, 0.05) is 10.6 Å². The average Bonchev–Trinajstić information content (AvgIpc) is 3.21. The van der Waals surface area contributed by atoms with Gasteiger partial charge in [0.15, 0.2) is 11.9 Å². The Morgan fingerprint density at radius 1 is 1.00 bits per heavy atom.